The second-order valence-corrected chi connectivity index (χ2v) is 2.94. The molecule has 3 heteroatoms. The second-order valence-electron chi connectivity index (χ2n) is 2.09. The molecule has 0 spiro atoms. The zero-order valence-electron chi connectivity index (χ0n) is 5.97. The zero-order chi connectivity index (χ0) is 7.56. The molecule has 0 aliphatic carbocycles. The van der Waals surface area contributed by atoms with Crippen LogP contribution in [0.4, 0.5) is 0 Å². The Morgan fingerprint density at radius 2 is 2.20 bits per heavy atom. The summed E-state index contributed by atoms with van der Waals surface area (Å²) >= 11 is 1.54. The maximum atomic E-state index is 10.8. The molecule has 0 amide bonds. The largest absolute Gasteiger partial charge is 0.317 e. The fourth-order valence-corrected chi connectivity index (χ4v) is 1.27. The van der Waals surface area contributed by atoms with E-state index >= 15 is 0 Å². The minimum atomic E-state index is -0.0237. The summed E-state index contributed by atoms with van der Waals surface area (Å²) in [6.45, 7) is 1.91. The van der Waals surface area contributed by atoms with Gasteiger partial charge < -0.3 is 4.98 Å². The standard InChI is InChI=1S/C7H9NOS/c1-5-3-6(9)8-7(4-5)10-2/h3-4H,1-2H3,(H,8,9). The minimum absolute atomic E-state index is 0.0237. The first-order valence-electron chi connectivity index (χ1n) is 2.97. The maximum absolute atomic E-state index is 10.8. The van der Waals surface area contributed by atoms with Crippen molar-refractivity contribution < 1.29 is 0 Å². The van der Waals surface area contributed by atoms with E-state index in [0.29, 0.717) is 0 Å². The van der Waals surface area contributed by atoms with Crippen molar-refractivity contribution in [1.29, 1.82) is 0 Å². The van der Waals surface area contributed by atoms with Gasteiger partial charge in [-0.3, -0.25) is 4.79 Å². The fourth-order valence-electron chi connectivity index (χ4n) is 0.759. The minimum Gasteiger partial charge on any atom is -0.317 e. The topological polar surface area (TPSA) is 32.9 Å². The Bertz CT molecular complexity index is 279. The van der Waals surface area contributed by atoms with Crippen molar-refractivity contribution >= 4 is 11.8 Å². The monoisotopic (exact) mass is 155 g/mol. The number of aromatic nitrogens is 1. The van der Waals surface area contributed by atoms with Gasteiger partial charge in [0.25, 0.3) is 0 Å². The fraction of sp³-hybridized carbons (Fsp3) is 0.286. The summed E-state index contributed by atoms with van der Waals surface area (Å²) < 4.78 is 0. The number of aryl methyl sites for hydroxylation is 1. The van der Waals surface area contributed by atoms with E-state index in [-0.39, 0.29) is 5.56 Å². The molecule has 10 heavy (non-hydrogen) atoms. The number of H-pyrrole nitrogens is 1. The second kappa shape index (κ2) is 2.92. The van der Waals surface area contributed by atoms with Crippen LogP contribution >= 0.6 is 11.8 Å². The quantitative estimate of drug-likeness (QED) is 0.622. The normalized spacial score (nSPS) is 9.80. The molecule has 0 saturated carbocycles. The predicted molar refractivity (Wildman–Crippen MR) is 43.6 cm³/mol. The molecular weight excluding hydrogens is 146 g/mol. The average Bonchev–Trinajstić information content (AvgIpc) is 1.85. The highest BCUT2D eigenvalue weighted by molar-refractivity contribution is 7.98. The number of hydrogen-bond acceptors (Lipinski definition) is 2. The Hall–Kier alpha value is -0.700. The molecule has 0 bridgehead atoms. The lowest BCUT2D eigenvalue weighted by Crippen LogP contribution is -2.04. The number of aromatic amines is 1. The van der Waals surface area contributed by atoms with Gasteiger partial charge in [-0.15, -0.1) is 11.8 Å². The first-order valence-corrected chi connectivity index (χ1v) is 4.20. The molecule has 1 aromatic heterocycles. The molecular formula is C7H9NOS. The Labute approximate surface area is 63.7 Å². The lowest BCUT2D eigenvalue weighted by molar-refractivity contribution is 1.06. The number of rotatable bonds is 1. The predicted octanol–water partition coefficient (Wildman–Crippen LogP) is 1.41. The van der Waals surface area contributed by atoms with E-state index in [4.69, 9.17) is 0 Å². The third-order valence-electron chi connectivity index (χ3n) is 1.18. The number of hydrogen-bond donors (Lipinski definition) is 1. The number of nitrogens with one attached hydrogen (secondary N) is 1. The molecule has 0 aliphatic rings. The van der Waals surface area contributed by atoms with Crippen molar-refractivity contribution in [3.63, 3.8) is 0 Å². The molecule has 0 aliphatic heterocycles. The Morgan fingerprint density at radius 1 is 1.50 bits per heavy atom. The first kappa shape index (κ1) is 7.41. The first-order chi connectivity index (χ1) is 4.72. The summed E-state index contributed by atoms with van der Waals surface area (Å²) in [7, 11) is 0. The van der Waals surface area contributed by atoms with Gasteiger partial charge in [0.2, 0.25) is 5.56 Å². The van der Waals surface area contributed by atoms with Crippen LogP contribution in [0.1, 0.15) is 5.56 Å². The molecule has 1 rings (SSSR count). The van der Waals surface area contributed by atoms with Crippen LogP contribution in [0.3, 0.4) is 0 Å². The lowest BCUT2D eigenvalue weighted by Gasteiger charge is -1.95. The van der Waals surface area contributed by atoms with Crippen molar-refractivity contribution in [2.24, 2.45) is 0 Å². The Kier molecular flexibility index (Phi) is 2.17. The number of thioether (sulfide) groups is 1. The third kappa shape index (κ3) is 1.64. The van der Waals surface area contributed by atoms with Gasteiger partial charge in [0.05, 0.1) is 5.03 Å². The van der Waals surface area contributed by atoms with Gasteiger partial charge in [-0.25, -0.2) is 0 Å². The van der Waals surface area contributed by atoms with Crippen molar-refractivity contribution in [1.82, 2.24) is 4.98 Å². The maximum Gasteiger partial charge on any atom is 0.249 e. The van der Waals surface area contributed by atoms with Gasteiger partial charge in [-0.1, -0.05) is 0 Å². The molecule has 0 fully saturated rings. The zero-order valence-corrected chi connectivity index (χ0v) is 6.79. The SMILES string of the molecule is CSc1cc(C)cc(=O)[nH]1. The molecule has 0 radical (unpaired) electrons. The van der Waals surface area contributed by atoms with Crippen LogP contribution < -0.4 is 5.56 Å². The van der Waals surface area contributed by atoms with Crippen LogP contribution in [0.25, 0.3) is 0 Å². The smallest absolute Gasteiger partial charge is 0.249 e. The highest BCUT2D eigenvalue weighted by Crippen LogP contribution is 2.09. The van der Waals surface area contributed by atoms with Gasteiger partial charge >= 0.3 is 0 Å². The van der Waals surface area contributed by atoms with E-state index < -0.39 is 0 Å². The summed E-state index contributed by atoms with van der Waals surface area (Å²) in [6.07, 6.45) is 1.94. The van der Waals surface area contributed by atoms with E-state index in [1.54, 1.807) is 17.8 Å². The van der Waals surface area contributed by atoms with Gasteiger partial charge in [0.1, 0.15) is 0 Å². The molecule has 2 nitrogen and oxygen atoms in total. The lowest BCUT2D eigenvalue weighted by atomic mass is 10.3. The van der Waals surface area contributed by atoms with E-state index in [0.717, 1.165) is 10.6 Å². The molecule has 1 aromatic rings. The van der Waals surface area contributed by atoms with Crippen LogP contribution in [0.2, 0.25) is 0 Å². The van der Waals surface area contributed by atoms with Gasteiger partial charge in [-0.05, 0) is 24.8 Å². The Morgan fingerprint density at radius 3 is 2.70 bits per heavy atom. The summed E-state index contributed by atoms with van der Waals surface area (Å²) in [4.78, 5) is 13.5. The highest BCUT2D eigenvalue weighted by atomic mass is 32.2. The van der Waals surface area contributed by atoms with Crippen LogP contribution in [0.15, 0.2) is 22.0 Å². The molecule has 0 unspecified atom stereocenters. The van der Waals surface area contributed by atoms with E-state index in [1.165, 1.54) is 0 Å². The molecule has 0 atom stereocenters. The molecule has 1 N–H and O–H groups in total. The molecule has 54 valence electrons. The van der Waals surface area contributed by atoms with E-state index in [1.807, 2.05) is 19.2 Å². The van der Waals surface area contributed by atoms with Crippen LogP contribution in [0, 0.1) is 6.92 Å². The summed E-state index contributed by atoms with van der Waals surface area (Å²) in [5.41, 5.74) is 0.984. The highest BCUT2D eigenvalue weighted by Gasteiger charge is 1.91. The van der Waals surface area contributed by atoms with E-state index in [2.05, 4.69) is 4.98 Å². The van der Waals surface area contributed by atoms with Crippen molar-refractivity contribution in [2.45, 2.75) is 11.9 Å². The summed E-state index contributed by atoms with van der Waals surface area (Å²) in [5, 5.41) is 0.921. The van der Waals surface area contributed by atoms with Gasteiger partial charge in [0.15, 0.2) is 0 Å². The van der Waals surface area contributed by atoms with Crippen molar-refractivity contribution in [3.8, 4) is 0 Å². The number of pyridine rings is 1. The van der Waals surface area contributed by atoms with Crippen molar-refractivity contribution in [2.75, 3.05) is 6.26 Å². The van der Waals surface area contributed by atoms with E-state index in [9.17, 15) is 4.79 Å². The van der Waals surface area contributed by atoms with Gasteiger partial charge in [0, 0.05) is 6.07 Å². The molecule has 0 aromatic carbocycles. The van der Waals surface area contributed by atoms with Crippen LogP contribution in [-0.2, 0) is 0 Å². The van der Waals surface area contributed by atoms with Crippen molar-refractivity contribution in [3.05, 3.63) is 28.0 Å². The molecule has 1 heterocycles. The van der Waals surface area contributed by atoms with Crippen LogP contribution in [-0.4, -0.2) is 11.2 Å². The Balaban J connectivity index is 3.19. The van der Waals surface area contributed by atoms with Gasteiger partial charge in [-0.2, -0.15) is 0 Å². The van der Waals surface area contributed by atoms with Crippen LogP contribution in [0.5, 0.6) is 0 Å². The average molecular weight is 155 g/mol. The summed E-state index contributed by atoms with van der Waals surface area (Å²) in [6, 6.07) is 3.53. The summed E-state index contributed by atoms with van der Waals surface area (Å²) in [5.74, 6) is 0. The third-order valence-corrected chi connectivity index (χ3v) is 1.84. The molecule has 0 saturated heterocycles.